The van der Waals surface area contributed by atoms with Crippen LogP contribution in [-0.4, -0.2) is 20.2 Å². The molecule has 0 atom stereocenters. The van der Waals surface area contributed by atoms with Crippen LogP contribution in [0, 0.1) is 0 Å². The van der Waals surface area contributed by atoms with Crippen LogP contribution in [0.4, 0.5) is 0 Å². The van der Waals surface area contributed by atoms with Crippen molar-refractivity contribution in [1.29, 1.82) is 0 Å². The van der Waals surface area contributed by atoms with E-state index in [1.54, 1.807) is 30.5 Å². The highest BCUT2D eigenvalue weighted by atomic mass is 35.5. The van der Waals surface area contributed by atoms with Crippen molar-refractivity contribution in [2.45, 2.75) is 19.8 Å². The van der Waals surface area contributed by atoms with E-state index >= 15 is 0 Å². The number of aromatic hydroxyl groups is 2. The molecule has 8 heteroatoms. The Morgan fingerprint density at radius 1 is 0.815 bits per heavy atom. The number of aromatic nitrogens is 2. The molecule has 1 aromatic heterocycles. The van der Waals surface area contributed by atoms with Crippen molar-refractivity contribution in [1.82, 2.24) is 9.97 Å². The van der Waals surface area contributed by atoms with Crippen molar-refractivity contribution in [3.05, 3.63) is 56.2 Å². The van der Waals surface area contributed by atoms with Crippen molar-refractivity contribution < 1.29 is 10.2 Å². The van der Waals surface area contributed by atoms with Crippen LogP contribution in [0.5, 0.6) is 11.5 Å². The molecule has 0 aliphatic rings. The molecule has 3 rings (SSSR count). The van der Waals surface area contributed by atoms with Gasteiger partial charge in [0.25, 0.3) is 0 Å². The topological polar surface area (TPSA) is 66.2 Å². The van der Waals surface area contributed by atoms with Gasteiger partial charge in [0.15, 0.2) is 11.5 Å². The van der Waals surface area contributed by atoms with Crippen molar-refractivity contribution in [2.24, 2.45) is 0 Å². The van der Waals surface area contributed by atoms with Crippen LogP contribution in [0.2, 0.25) is 20.1 Å². The summed E-state index contributed by atoms with van der Waals surface area (Å²) >= 11 is 24.1. The van der Waals surface area contributed by atoms with Crippen LogP contribution >= 0.6 is 46.4 Å². The van der Waals surface area contributed by atoms with E-state index < -0.39 is 0 Å². The Morgan fingerprint density at radius 2 is 1.30 bits per heavy atom. The number of hydrogen-bond acceptors (Lipinski definition) is 4. The van der Waals surface area contributed by atoms with Gasteiger partial charge in [0.1, 0.15) is 0 Å². The smallest absolute Gasteiger partial charge is 0.152 e. The molecule has 0 aliphatic heterocycles. The highest BCUT2D eigenvalue weighted by Crippen LogP contribution is 2.38. The maximum atomic E-state index is 9.77. The number of hydrogen-bond donors (Lipinski definition) is 2. The molecule has 0 bridgehead atoms. The van der Waals surface area contributed by atoms with Crippen molar-refractivity contribution >= 4 is 46.4 Å². The fraction of sp³-hybridized carbons (Fsp3) is 0.158. The number of phenolic OH excluding ortho intramolecular Hbond substituents is 2. The second-order valence-electron chi connectivity index (χ2n) is 5.88. The van der Waals surface area contributed by atoms with Gasteiger partial charge in [-0.3, -0.25) is 4.98 Å². The van der Waals surface area contributed by atoms with Gasteiger partial charge in [0, 0.05) is 11.1 Å². The molecule has 0 radical (unpaired) electrons. The van der Waals surface area contributed by atoms with E-state index in [0.29, 0.717) is 28.9 Å². The van der Waals surface area contributed by atoms with Crippen molar-refractivity contribution in [3.63, 3.8) is 0 Å². The minimum atomic E-state index is -0.172. The quantitative estimate of drug-likeness (QED) is 0.465. The van der Waals surface area contributed by atoms with E-state index in [4.69, 9.17) is 51.4 Å². The average molecular weight is 444 g/mol. The summed E-state index contributed by atoms with van der Waals surface area (Å²) in [5.74, 6) is -0.342. The number of benzene rings is 2. The first-order valence-electron chi connectivity index (χ1n) is 8.04. The van der Waals surface area contributed by atoms with Gasteiger partial charge in [-0.05, 0) is 30.7 Å². The summed E-state index contributed by atoms with van der Waals surface area (Å²) in [7, 11) is 0. The first-order chi connectivity index (χ1) is 12.8. The van der Waals surface area contributed by atoms with E-state index in [0.717, 1.165) is 12.1 Å². The normalized spacial score (nSPS) is 11.0. The van der Waals surface area contributed by atoms with Crippen molar-refractivity contribution in [3.8, 4) is 34.0 Å². The lowest BCUT2D eigenvalue weighted by molar-refractivity contribution is 0.475. The zero-order valence-electron chi connectivity index (χ0n) is 14.1. The number of phenols is 2. The lowest BCUT2D eigenvalue weighted by Crippen LogP contribution is -2.00. The van der Waals surface area contributed by atoms with E-state index in [1.165, 1.54) is 0 Å². The Bertz CT molecular complexity index is 979. The summed E-state index contributed by atoms with van der Waals surface area (Å²) in [6.07, 6.45) is 3.11. The van der Waals surface area contributed by atoms with Crippen LogP contribution < -0.4 is 0 Å². The molecule has 0 spiro atoms. The fourth-order valence-electron chi connectivity index (χ4n) is 2.63. The Balaban J connectivity index is 2.14. The molecule has 0 aliphatic carbocycles. The predicted molar refractivity (Wildman–Crippen MR) is 110 cm³/mol. The second kappa shape index (κ2) is 8.11. The molecule has 3 aromatic rings. The molecule has 0 fully saturated rings. The summed E-state index contributed by atoms with van der Waals surface area (Å²) in [5.41, 5.74) is 3.24. The van der Waals surface area contributed by atoms with Gasteiger partial charge in [-0.25, -0.2) is 4.98 Å². The monoisotopic (exact) mass is 442 g/mol. The number of nitrogens with zero attached hydrogens (tertiary/aromatic N) is 2. The molecule has 2 N–H and O–H groups in total. The first-order valence-corrected chi connectivity index (χ1v) is 9.55. The average Bonchev–Trinajstić information content (AvgIpc) is 2.63. The molecule has 0 saturated carbocycles. The summed E-state index contributed by atoms with van der Waals surface area (Å²) < 4.78 is 0. The van der Waals surface area contributed by atoms with E-state index in [9.17, 15) is 10.2 Å². The predicted octanol–water partition coefficient (Wildman–Crippen LogP) is 6.79. The van der Waals surface area contributed by atoms with Gasteiger partial charge >= 0.3 is 0 Å². The SMILES string of the molecule is CCCc1nc(-c2cc(Cl)c(O)c(Cl)c2)cnc1-c1cc(Cl)c(O)c(Cl)c1. The van der Waals surface area contributed by atoms with Crippen LogP contribution in [0.3, 0.4) is 0 Å². The number of halogens is 4. The Kier molecular flexibility index (Phi) is 6.02. The number of aryl methyl sites for hydroxylation is 1. The molecule has 4 nitrogen and oxygen atoms in total. The Morgan fingerprint density at radius 3 is 1.78 bits per heavy atom. The van der Waals surface area contributed by atoms with E-state index in [-0.39, 0.29) is 31.6 Å². The summed E-state index contributed by atoms with van der Waals surface area (Å²) in [5, 5.41) is 20.1. The summed E-state index contributed by atoms with van der Waals surface area (Å²) in [6, 6.07) is 6.35. The third kappa shape index (κ3) is 4.09. The lowest BCUT2D eigenvalue weighted by atomic mass is 10.1. The molecule has 0 unspecified atom stereocenters. The minimum Gasteiger partial charge on any atom is -0.505 e. The third-order valence-electron chi connectivity index (χ3n) is 3.93. The zero-order chi connectivity index (χ0) is 19.7. The number of rotatable bonds is 4. The molecule has 1 heterocycles. The maximum absolute atomic E-state index is 9.77. The molecule has 0 saturated heterocycles. The summed E-state index contributed by atoms with van der Waals surface area (Å²) in [4.78, 5) is 9.22. The third-order valence-corrected chi connectivity index (χ3v) is 5.09. The standard InChI is InChI=1S/C19H14Cl4N2O2/c1-2-3-15-17(10-6-13(22)19(27)14(23)7-10)24-8-16(25-15)9-4-11(20)18(26)12(21)5-9/h4-8,26-27H,2-3H2,1H3. The Hall–Kier alpha value is -1.72. The minimum absolute atomic E-state index is 0.137. The molecule has 2 aromatic carbocycles. The Labute approximate surface area is 176 Å². The molecular weight excluding hydrogens is 430 g/mol. The molecule has 0 amide bonds. The fourth-order valence-corrected chi connectivity index (χ4v) is 3.61. The van der Waals surface area contributed by atoms with Crippen LogP contribution in [0.1, 0.15) is 19.0 Å². The van der Waals surface area contributed by atoms with Crippen LogP contribution in [-0.2, 0) is 6.42 Å². The molecular formula is C19H14Cl4N2O2. The van der Waals surface area contributed by atoms with Gasteiger partial charge in [-0.2, -0.15) is 0 Å². The van der Waals surface area contributed by atoms with Gasteiger partial charge in [0.2, 0.25) is 0 Å². The first kappa shape index (κ1) is 20.0. The van der Waals surface area contributed by atoms with E-state index in [1.807, 2.05) is 6.92 Å². The van der Waals surface area contributed by atoms with Crippen LogP contribution in [0.25, 0.3) is 22.5 Å². The largest absolute Gasteiger partial charge is 0.505 e. The highest BCUT2D eigenvalue weighted by molar-refractivity contribution is 6.38. The summed E-state index contributed by atoms with van der Waals surface area (Å²) in [6.45, 7) is 2.03. The second-order valence-corrected chi connectivity index (χ2v) is 7.51. The lowest BCUT2D eigenvalue weighted by Gasteiger charge is -2.12. The van der Waals surface area contributed by atoms with Gasteiger partial charge < -0.3 is 10.2 Å². The van der Waals surface area contributed by atoms with Crippen LogP contribution in [0.15, 0.2) is 30.5 Å². The zero-order valence-corrected chi connectivity index (χ0v) is 17.1. The van der Waals surface area contributed by atoms with Gasteiger partial charge in [-0.15, -0.1) is 0 Å². The highest BCUT2D eigenvalue weighted by Gasteiger charge is 2.16. The van der Waals surface area contributed by atoms with Crippen molar-refractivity contribution in [2.75, 3.05) is 0 Å². The van der Waals surface area contributed by atoms with E-state index in [2.05, 4.69) is 4.98 Å². The van der Waals surface area contributed by atoms with Gasteiger partial charge in [0.05, 0.1) is 43.4 Å². The molecule has 140 valence electrons. The van der Waals surface area contributed by atoms with Gasteiger partial charge in [-0.1, -0.05) is 59.7 Å². The maximum Gasteiger partial charge on any atom is 0.152 e. The molecule has 27 heavy (non-hydrogen) atoms.